The predicted octanol–water partition coefficient (Wildman–Crippen LogP) is 2.60. The topological polar surface area (TPSA) is 38.7 Å². The van der Waals surface area contributed by atoms with Crippen molar-refractivity contribution in [1.29, 1.82) is 0 Å². The maximum Gasteiger partial charge on any atom is 0.235 e. The first-order valence-electron chi connectivity index (χ1n) is 4.06. The number of isocyanates is 1. The van der Waals surface area contributed by atoms with Crippen molar-refractivity contribution < 1.29 is 9.53 Å². The molecule has 0 bridgehead atoms. The first-order valence-corrected chi connectivity index (χ1v) is 4.85. The molecule has 0 heterocycles. The highest BCUT2D eigenvalue weighted by molar-refractivity contribution is 9.10. The molecule has 0 unspecified atom stereocenters. The number of halogens is 1. The highest BCUT2D eigenvalue weighted by atomic mass is 79.9. The Morgan fingerprint density at radius 2 is 2.29 bits per heavy atom. The molecule has 3 nitrogen and oxygen atoms in total. The molecule has 74 valence electrons. The lowest BCUT2D eigenvalue weighted by Crippen LogP contribution is -1.92. The number of hydrogen-bond donors (Lipinski definition) is 0. The second kappa shape index (κ2) is 4.94. The van der Waals surface area contributed by atoms with E-state index in [1.807, 2.05) is 19.1 Å². The monoisotopic (exact) mass is 255 g/mol. The zero-order valence-electron chi connectivity index (χ0n) is 8.00. The molecule has 0 spiro atoms. The van der Waals surface area contributed by atoms with Gasteiger partial charge in [-0.3, -0.25) is 0 Å². The molecule has 1 rings (SSSR count). The van der Waals surface area contributed by atoms with Crippen LogP contribution in [-0.4, -0.2) is 13.2 Å². The minimum absolute atomic E-state index is 0.320. The number of benzene rings is 1. The van der Waals surface area contributed by atoms with Crippen molar-refractivity contribution in [2.24, 2.45) is 4.99 Å². The molecule has 1 aromatic carbocycles. The third-order valence-electron chi connectivity index (χ3n) is 1.89. The summed E-state index contributed by atoms with van der Waals surface area (Å²) in [6.07, 6.45) is 1.51. The van der Waals surface area contributed by atoms with Gasteiger partial charge in [0, 0.05) is 0 Å². The Bertz CT molecular complexity index is 384. The molecule has 1 aromatic rings. The molecule has 0 aliphatic carbocycles. The quantitative estimate of drug-likeness (QED) is 0.615. The molecular weight excluding hydrogens is 246 g/mol. The van der Waals surface area contributed by atoms with Crippen LogP contribution in [0.1, 0.15) is 11.1 Å². The number of methoxy groups -OCH3 is 1. The molecule has 0 saturated heterocycles. The third-order valence-corrected chi connectivity index (χ3v) is 2.76. The standard InChI is InChI=1S/C10H10BrNO2/c1-7-3-4-8(5-12-6-13)9(11)10(7)14-2/h3-4H,5H2,1-2H3. The maximum atomic E-state index is 9.97. The summed E-state index contributed by atoms with van der Waals surface area (Å²) in [6, 6.07) is 3.84. The number of hydrogen-bond acceptors (Lipinski definition) is 3. The van der Waals surface area contributed by atoms with E-state index in [-0.39, 0.29) is 0 Å². The fourth-order valence-electron chi connectivity index (χ4n) is 1.18. The summed E-state index contributed by atoms with van der Waals surface area (Å²) in [5.74, 6) is 0.781. The highest BCUT2D eigenvalue weighted by Crippen LogP contribution is 2.32. The van der Waals surface area contributed by atoms with E-state index in [0.29, 0.717) is 6.54 Å². The second-order valence-corrected chi connectivity index (χ2v) is 3.59. The van der Waals surface area contributed by atoms with Crippen molar-refractivity contribution in [3.8, 4) is 5.75 Å². The summed E-state index contributed by atoms with van der Waals surface area (Å²) in [5, 5.41) is 0. The number of rotatable bonds is 3. The maximum absolute atomic E-state index is 9.97. The van der Waals surface area contributed by atoms with E-state index in [0.717, 1.165) is 21.3 Å². The van der Waals surface area contributed by atoms with Gasteiger partial charge in [-0.05, 0) is 34.0 Å². The lowest BCUT2D eigenvalue weighted by Gasteiger charge is -2.09. The molecule has 0 fully saturated rings. The fraction of sp³-hybridized carbons (Fsp3) is 0.300. The van der Waals surface area contributed by atoms with Crippen molar-refractivity contribution in [1.82, 2.24) is 0 Å². The highest BCUT2D eigenvalue weighted by Gasteiger charge is 2.08. The van der Waals surface area contributed by atoms with Crippen molar-refractivity contribution in [3.05, 3.63) is 27.7 Å². The van der Waals surface area contributed by atoms with Gasteiger partial charge in [0.1, 0.15) is 5.75 Å². The zero-order chi connectivity index (χ0) is 10.6. The van der Waals surface area contributed by atoms with Crippen LogP contribution in [0.4, 0.5) is 0 Å². The van der Waals surface area contributed by atoms with Gasteiger partial charge in [-0.25, -0.2) is 9.79 Å². The van der Waals surface area contributed by atoms with E-state index in [2.05, 4.69) is 20.9 Å². The SMILES string of the molecule is COc1c(C)ccc(CN=C=O)c1Br. The minimum Gasteiger partial charge on any atom is -0.495 e. The smallest absolute Gasteiger partial charge is 0.235 e. The van der Waals surface area contributed by atoms with Crippen molar-refractivity contribution >= 4 is 22.0 Å². The molecule has 0 saturated carbocycles. The first kappa shape index (κ1) is 11.0. The average Bonchev–Trinajstić information content (AvgIpc) is 2.18. The van der Waals surface area contributed by atoms with Crippen LogP contribution in [0.2, 0.25) is 0 Å². The Hall–Kier alpha value is -1.12. The van der Waals surface area contributed by atoms with Gasteiger partial charge in [0.2, 0.25) is 6.08 Å². The van der Waals surface area contributed by atoms with Crippen LogP contribution in [-0.2, 0) is 11.3 Å². The Kier molecular flexibility index (Phi) is 3.86. The van der Waals surface area contributed by atoms with Gasteiger partial charge in [0.15, 0.2) is 0 Å². The summed E-state index contributed by atoms with van der Waals surface area (Å²) < 4.78 is 6.06. The van der Waals surface area contributed by atoms with Crippen molar-refractivity contribution in [2.45, 2.75) is 13.5 Å². The Morgan fingerprint density at radius 1 is 1.57 bits per heavy atom. The van der Waals surface area contributed by atoms with Gasteiger partial charge in [-0.1, -0.05) is 12.1 Å². The predicted molar refractivity (Wildman–Crippen MR) is 57.3 cm³/mol. The molecule has 0 radical (unpaired) electrons. The summed E-state index contributed by atoms with van der Waals surface area (Å²) >= 11 is 3.41. The van der Waals surface area contributed by atoms with Crippen LogP contribution in [0.5, 0.6) is 5.75 Å². The molecule has 0 aliphatic heterocycles. The third kappa shape index (κ3) is 2.22. The lowest BCUT2D eigenvalue weighted by atomic mass is 10.1. The van der Waals surface area contributed by atoms with Crippen molar-refractivity contribution in [3.63, 3.8) is 0 Å². The Balaban J connectivity index is 3.13. The fourth-order valence-corrected chi connectivity index (χ4v) is 1.92. The Morgan fingerprint density at radius 3 is 2.86 bits per heavy atom. The lowest BCUT2D eigenvalue weighted by molar-refractivity contribution is 0.408. The number of ether oxygens (including phenoxy) is 1. The second-order valence-electron chi connectivity index (χ2n) is 2.80. The molecule has 0 atom stereocenters. The summed E-state index contributed by atoms with van der Waals surface area (Å²) in [4.78, 5) is 13.5. The van der Waals surface area contributed by atoms with Crippen LogP contribution in [0.15, 0.2) is 21.6 Å². The molecular formula is C10H10BrNO2. The molecule has 0 aromatic heterocycles. The molecule has 4 heteroatoms. The van der Waals surface area contributed by atoms with Crippen LogP contribution in [0, 0.1) is 6.92 Å². The largest absolute Gasteiger partial charge is 0.495 e. The Labute approximate surface area is 90.9 Å². The average molecular weight is 256 g/mol. The molecule has 0 aliphatic rings. The number of aryl methyl sites for hydroxylation is 1. The van der Waals surface area contributed by atoms with Crippen molar-refractivity contribution in [2.75, 3.05) is 7.11 Å². The minimum atomic E-state index is 0.320. The van der Waals surface area contributed by atoms with Gasteiger partial charge in [0.05, 0.1) is 18.1 Å². The van der Waals surface area contributed by atoms with E-state index in [1.165, 1.54) is 6.08 Å². The van der Waals surface area contributed by atoms with Crippen LogP contribution in [0.25, 0.3) is 0 Å². The van der Waals surface area contributed by atoms with Crippen LogP contribution < -0.4 is 4.74 Å². The van der Waals surface area contributed by atoms with E-state index in [9.17, 15) is 4.79 Å². The molecule has 0 N–H and O–H groups in total. The van der Waals surface area contributed by atoms with Crippen LogP contribution in [0.3, 0.4) is 0 Å². The number of nitrogens with zero attached hydrogens (tertiary/aromatic N) is 1. The van der Waals surface area contributed by atoms with Gasteiger partial charge in [-0.15, -0.1) is 0 Å². The number of carbonyl (C=O) groups excluding carboxylic acids is 1. The normalized spacial score (nSPS) is 9.36. The van der Waals surface area contributed by atoms with E-state index < -0.39 is 0 Å². The molecule has 0 amide bonds. The van der Waals surface area contributed by atoms with E-state index >= 15 is 0 Å². The zero-order valence-corrected chi connectivity index (χ0v) is 9.59. The van der Waals surface area contributed by atoms with Crippen LogP contribution >= 0.6 is 15.9 Å². The number of aliphatic imine (C=N–C) groups is 1. The van der Waals surface area contributed by atoms with Gasteiger partial charge >= 0.3 is 0 Å². The summed E-state index contributed by atoms with van der Waals surface area (Å²) in [7, 11) is 1.61. The summed E-state index contributed by atoms with van der Waals surface area (Å²) in [5.41, 5.74) is 1.95. The summed E-state index contributed by atoms with van der Waals surface area (Å²) in [6.45, 7) is 2.27. The first-order chi connectivity index (χ1) is 6.70. The van der Waals surface area contributed by atoms with E-state index in [1.54, 1.807) is 7.11 Å². The van der Waals surface area contributed by atoms with Gasteiger partial charge < -0.3 is 4.74 Å². The molecule has 14 heavy (non-hydrogen) atoms. The van der Waals surface area contributed by atoms with Gasteiger partial charge in [0.25, 0.3) is 0 Å². The van der Waals surface area contributed by atoms with E-state index in [4.69, 9.17) is 4.74 Å². The van der Waals surface area contributed by atoms with Gasteiger partial charge in [-0.2, -0.15) is 0 Å².